The molecule has 80 valence electrons. The van der Waals surface area contributed by atoms with Gasteiger partial charge in [0.15, 0.2) is 6.23 Å². The Morgan fingerprint density at radius 3 is 3.06 bits per heavy atom. The number of hydrogen-bond acceptors (Lipinski definition) is 4. The summed E-state index contributed by atoms with van der Waals surface area (Å²) in [5, 5.41) is 12.1. The molecule has 0 spiro atoms. The maximum absolute atomic E-state index is 11.4. The molecule has 16 heavy (non-hydrogen) atoms. The van der Waals surface area contributed by atoms with Crippen molar-refractivity contribution >= 4 is 18.0 Å². The van der Waals surface area contributed by atoms with Crippen LogP contribution in [0.25, 0.3) is 6.08 Å². The molecule has 1 atom stereocenters. The monoisotopic (exact) mass is 217 g/mol. The van der Waals surface area contributed by atoms with Crippen LogP contribution >= 0.6 is 0 Å². The highest BCUT2D eigenvalue weighted by Gasteiger charge is 2.41. The van der Waals surface area contributed by atoms with Gasteiger partial charge in [-0.05, 0) is 12.1 Å². The largest absolute Gasteiger partial charge is 0.369 e. The van der Waals surface area contributed by atoms with Crippen LogP contribution in [0, 0.1) is 0 Å². The zero-order chi connectivity index (χ0) is 11.3. The molecule has 3 amide bonds. The van der Waals surface area contributed by atoms with E-state index in [0.29, 0.717) is 11.1 Å². The number of imide groups is 1. The maximum atomic E-state index is 11.4. The van der Waals surface area contributed by atoms with Crippen LogP contribution in [0.3, 0.4) is 0 Å². The quantitative estimate of drug-likeness (QED) is 0.598. The molecule has 3 heterocycles. The number of amides is 3. The number of aliphatic hydroxyl groups is 1. The molecule has 6 nitrogen and oxygen atoms in total. The molecule has 3 rings (SSSR count). The van der Waals surface area contributed by atoms with E-state index in [0.717, 1.165) is 4.90 Å². The van der Waals surface area contributed by atoms with Crippen molar-refractivity contribution in [2.45, 2.75) is 6.23 Å². The van der Waals surface area contributed by atoms with E-state index in [2.05, 4.69) is 10.3 Å². The van der Waals surface area contributed by atoms with Crippen molar-refractivity contribution in [3.8, 4) is 0 Å². The van der Waals surface area contributed by atoms with Gasteiger partial charge in [-0.2, -0.15) is 0 Å². The summed E-state index contributed by atoms with van der Waals surface area (Å²) in [7, 11) is 0. The maximum Gasteiger partial charge on any atom is 0.331 e. The van der Waals surface area contributed by atoms with Gasteiger partial charge in [0.1, 0.15) is 5.70 Å². The Kier molecular flexibility index (Phi) is 1.64. The van der Waals surface area contributed by atoms with Crippen molar-refractivity contribution in [1.29, 1.82) is 0 Å². The first kappa shape index (κ1) is 9.05. The van der Waals surface area contributed by atoms with Crippen molar-refractivity contribution in [3.05, 3.63) is 35.3 Å². The molecule has 6 heteroatoms. The molecule has 0 saturated carbocycles. The van der Waals surface area contributed by atoms with Gasteiger partial charge >= 0.3 is 6.03 Å². The van der Waals surface area contributed by atoms with Crippen LogP contribution < -0.4 is 5.32 Å². The minimum atomic E-state index is -1.13. The fourth-order valence-corrected chi connectivity index (χ4v) is 1.88. The lowest BCUT2D eigenvalue weighted by Gasteiger charge is -2.27. The van der Waals surface area contributed by atoms with E-state index in [-0.39, 0.29) is 5.70 Å². The fourth-order valence-electron chi connectivity index (χ4n) is 1.88. The second kappa shape index (κ2) is 2.89. The summed E-state index contributed by atoms with van der Waals surface area (Å²) in [6.45, 7) is 0. The summed E-state index contributed by atoms with van der Waals surface area (Å²) >= 11 is 0. The first-order chi connectivity index (χ1) is 7.68. The summed E-state index contributed by atoms with van der Waals surface area (Å²) in [6.07, 6.45) is 3.47. The SMILES string of the molecule is O=C1NC(=O)N2C1=Cc1cnccc1C2O. The molecule has 1 saturated heterocycles. The number of rotatable bonds is 0. The van der Waals surface area contributed by atoms with Crippen molar-refractivity contribution < 1.29 is 14.7 Å². The van der Waals surface area contributed by atoms with E-state index in [9.17, 15) is 14.7 Å². The minimum Gasteiger partial charge on any atom is -0.369 e. The number of aliphatic hydroxyl groups excluding tert-OH is 1. The van der Waals surface area contributed by atoms with E-state index in [1.54, 1.807) is 12.3 Å². The zero-order valence-electron chi connectivity index (χ0n) is 8.04. The lowest BCUT2D eigenvalue weighted by atomic mass is 10.0. The van der Waals surface area contributed by atoms with E-state index in [4.69, 9.17) is 0 Å². The average Bonchev–Trinajstić information content (AvgIpc) is 2.55. The van der Waals surface area contributed by atoms with Crippen molar-refractivity contribution in [3.63, 3.8) is 0 Å². The minimum absolute atomic E-state index is 0.151. The van der Waals surface area contributed by atoms with Crippen LogP contribution in [0.2, 0.25) is 0 Å². The molecule has 0 aliphatic carbocycles. The number of carbonyl (C=O) groups excluding carboxylic acids is 2. The number of carbonyl (C=O) groups is 2. The lowest BCUT2D eigenvalue weighted by molar-refractivity contribution is -0.116. The first-order valence-corrected chi connectivity index (χ1v) is 4.66. The summed E-state index contributed by atoms with van der Waals surface area (Å²) in [5.41, 5.74) is 1.35. The first-order valence-electron chi connectivity index (χ1n) is 4.66. The Morgan fingerprint density at radius 2 is 2.25 bits per heavy atom. The molecular formula is C10H7N3O3. The molecule has 0 aromatic carbocycles. The van der Waals surface area contributed by atoms with Crippen LogP contribution in [0.1, 0.15) is 17.4 Å². The third-order valence-corrected chi connectivity index (χ3v) is 2.63. The molecule has 1 unspecified atom stereocenters. The molecular weight excluding hydrogens is 210 g/mol. The van der Waals surface area contributed by atoms with Gasteiger partial charge in [0.25, 0.3) is 5.91 Å². The predicted molar refractivity (Wildman–Crippen MR) is 52.6 cm³/mol. The molecule has 2 aliphatic rings. The van der Waals surface area contributed by atoms with Crippen LogP contribution in [0.15, 0.2) is 24.2 Å². The van der Waals surface area contributed by atoms with Crippen LogP contribution in [-0.2, 0) is 4.79 Å². The van der Waals surface area contributed by atoms with E-state index < -0.39 is 18.2 Å². The molecule has 2 aliphatic heterocycles. The molecule has 0 bridgehead atoms. The van der Waals surface area contributed by atoms with Crippen molar-refractivity contribution in [2.75, 3.05) is 0 Å². The highest BCUT2D eigenvalue weighted by atomic mass is 16.3. The fraction of sp³-hybridized carbons (Fsp3) is 0.100. The smallest absolute Gasteiger partial charge is 0.331 e. The number of pyridine rings is 1. The Balaban J connectivity index is 2.22. The number of fused-ring (bicyclic) bond motifs is 2. The Morgan fingerprint density at radius 1 is 1.44 bits per heavy atom. The summed E-state index contributed by atoms with van der Waals surface area (Å²) < 4.78 is 0. The van der Waals surface area contributed by atoms with Gasteiger partial charge in [0.05, 0.1) is 0 Å². The van der Waals surface area contributed by atoms with Gasteiger partial charge in [-0.1, -0.05) is 0 Å². The number of urea groups is 1. The van der Waals surface area contributed by atoms with Crippen LogP contribution in [-0.4, -0.2) is 26.9 Å². The van der Waals surface area contributed by atoms with Gasteiger partial charge < -0.3 is 5.11 Å². The average molecular weight is 217 g/mol. The van der Waals surface area contributed by atoms with Crippen molar-refractivity contribution in [2.24, 2.45) is 0 Å². The summed E-state index contributed by atoms with van der Waals surface area (Å²) in [5.74, 6) is -0.501. The van der Waals surface area contributed by atoms with Gasteiger partial charge in [-0.15, -0.1) is 0 Å². The third kappa shape index (κ3) is 1.01. The second-order valence-electron chi connectivity index (χ2n) is 3.54. The molecule has 0 radical (unpaired) electrons. The summed E-state index contributed by atoms with van der Waals surface area (Å²) in [6, 6.07) is 1.01. The topological polar surface area (TPSA) is 82.5 Å². The van der Waals surface area contributed by atoms with Gasteiger partial charge in [-0.25, -0.2) is 4.79 Å². The normalized spacial score (nSPS) is 22.4. The predicted octanol–water partition coefficient (Wildman–Crippen LogP) is -0.0212. The van der Waals surface area contributed by atoms with Gasteiger partial charge in [0, 0.05) is 23.5 Å². The van der Waals surface area contributed by atoms with Crippen molar-refractivity contribution in [1.82, 2.24) is 15.2 Å². The molecule has 1 aromatic heterocycles. The van der Waals surface area contributed by atoms with E-state index >= 15 is 0 Å². The van der Waals surface area contributed by atoms with E-state index in [1.165, 1.54) is 12.3 Å². The Bertz CT molecular complexity index is 538. The van der Waals surface area contributed by atoms with Gasteiger partial charge in [0.2, 0.25) is 0 Å². The zero-order valence-corrected chi connectivity index (χ0v) is 8.04. The molecule has 1 fully saturated rings. The number of aromatic nitrogens is 1. The van der Waals surface area contributed by atoms with Crippen LogP contribution in [0.5, 0.6) is 0 Å². The number of nitrogens with zero attached hydrogens (tertiary/aromatic N) is 2. The lowest BCUT2D eigenvalue weighted by Crippen LogP contribution is -2.33. The summed E-state index contributed by atoms with van der Waals surface area (Å²) in [4.78, 5) is 27.7. The van der Waals surface area contributed by atoms with Gasteiger partial charge in [-0.3, -0.25) is 20.0 Å². The third-order valence-electron chi connectivity index (χ3n) is 2.63. The Hall–Kier alpha value is -2.21. The number of nitrogens with one attached hydrogen (secondary N) is 1. The standard InChI is InChI=1S/C10H7N3O3/c14-8-7-3-5-4-11-2-1-6(5)9(15)13(7)10(16)12-8/h1-4,9,15H,(H,12,14,16). The van der Waals surface area contributed by atoms with Crippen LogP contribution in [0.4, 0.5) is 4.79 Å². The number of hydrogen-bond donors (Lipinski definition) is 2. The molecule has 1 aromatic rings. The highest BCUT2D eigenvalue weighted by Crippen LogP contribution is 2.34. The second-order valence-corrected chi connectivity index (χ2v) is 3.54. The Labute approximate surface area is 90.2 Å². The molecule has 2 N–H and O–H groups in total. The van der Waals surface area contributed by atoms with E-state index in [1.807, 2.05) is 0 Å². The highest BCUT2D eigenvalue weighted by molar-refractivity contribution is 6.14.